The summed E-state index contributed by atoms with van der Waals surface area (Å²) in [7, 11) is 0. The Morgan fingerprint density at radius 1 is 0.783 bits per heavy atom. The van der Waals surface area contributed by atoms with Crippen LogP contribution in [0.4, 0.5) is 0 Å². The van der Waals surface area contributed by atoms with Gasteiger partial charge in [-0.1, -0.05) is 66.7 Å². The van der Waals surface area contributed by atoms with E-state index in [4.69, 9.17) is 5.11 Å². The number of rotatable bonds is 4. The molecular formula is C20H16O3. The van der Waals surface area contributed by atoms with Gasteiger partial charge in [0, 0.05) is 11.5 Å². The van der Waals surface area contributed by atoms with Gasteiger partial charge in [-0.05, 0) is 23.3 Å². The van der Waals surface area contributed by atoms with E-state index in [2.05, 4.69) is 0 Å². The van der Waals surface area contributed by atoms with Gasteiger partial charge in [-0.3, -0.25) is 0 Å². The van der Waals surface area contributed by atoms with Gasteiger partial charge in [0.2, 0.25) is 0 Å². The molecule has 0 aliphatic carbocycles. The predicted molar refractivity (Wildman–Crippen MR) is 88.9 cm³/mol. The first-order chi connectivity index (χ1) is 11.2. The average Bonchev–Trinajstić information content (AvgIpc) is 2.58. The minimum Gasteiger partial charge on any atom is -0.508 e. The van der Waals surface area contributed by atoms with E-state index in [1.165, 1.54) is 12.1 Å². The SMILES string of the molecule is O=C(O)c1ccc(C(c2ccccc2)c2ccccc2)c(O)c1. The van der Waals surface area contributed by atoms with Crippen LogP contribution in [-0.4, -0.2) is 16.2 Å². The first-order valence-electron chi connectivity index (χ1n) is 7.33. The number of carbonyl (C=O) groups is 1. The van der Waals surface area contributed by atoms with Crippen LogP contribution in [0.15, 0.2) is 78.9 Å². The third kappa shape index (κ3) is 3.09. The van der Waals surface area contributed by atoms with Gasteiger partial charge >= 0.3 is 5.97 Å². The van der Waals surface area contributed by atoms with Crippen LogP contribution >= 0.6 is 0 Å². The number of aromatic carboxylic acids is 1. The molecule has 3 nitrogen and oxygen atoms in total. The summed E-state index contributed by atoms with van der Waals surface area (Å²) >= 11 is 0. The number of carboxylic acids is 1. The van der Waals surface area contributed by atoms with E-state index in [1.807, 2.05) is 60.7 Å². The van der Waals surface area contributed by atoms with Crippen LogP contribution in [0.5, 0.6) is 5.75 Å². The third-order valence-corrected chi connectivity index (χ3v) is 3.85. The van der Waals surface area contributed by atoms with Gasteiger partial charge in [0.15, 0.2) is 0 Å². The van der Waals surface area contributed by atoms with Crippen molar-refractivity contribution in [3.63, 3.8) is 0 Å². The Morgan fingerprint density at radius 3 is 1.74 bits per heavy atom. The Morgan fingerprint density at radius 2 is 1.30 bits per heavy atom. The first-order valence-corrected chi connectivity index (χ1v) is 7.33. The van der Waals surface area contributed by atoms with Gasteiger partial charge in [-0.2, -0.15) is 0 Å². The van der Waals surface area contributed by atoms with Crippen molar-refractivity contribution < 1.29 is 15.0 Å². The van der Waals surface area contributed by atoms with E-state index in [-0.39, 0.29) is 17.2 Å². The zero-order chi connectivity index (χ0) is 16.2. The topological polar surface area (TPSA) is 57.5 Å². The molecule has 2 N–H and O–H groups in total. The Hall–Kier alpha value is -3.07. The summed E-state index contributed by atoms with van der Waals surface area (Å²) in [6.45, 7) is 0. The van der Waals surface area contributed by atoms with Crippen molar-refractivity contribution in [1.29, 1.82) is 0 Å². The molecule has 23 heavy (non-hydrogen) atoms. The van der Waals surface area contributed by atoms with Crippen molar-refractivity contribution in [3.8, 4) is 5.75 Å². The number of aromatic hydroxyl groups is 1. The van der Waals surface area contributed by atoms with Gasteiger partial charge in [0.1, 0.15) is 5.75 Å². The van der Waals surface area contributed by atoms with Crippen LogP contribution < -0.4 is 0 Å². The van der Waals surface area contributed by atoms with Crippen molar-refractivity contribution >= 4 is 5.97 Å². The smallest absolute Gasteiger partial charge is 0.335 e. The molecule has 0 aliphatic rings. The minimum absolute atomic E-state index is 0.0115. The standard InChI is InChI=1S/C20H16O3/c21-18-13-16(20(22)23)11-12-17(18)19(14-7-3-1-4-8-14)15-9-5-2-6-10-15/h1-13,19,21H,(H,22,23). The van der Waals surface area contributed by atoms with Crippen molar-refractivity contribution in [3.05, 3.63) is 101 Å². The number of phenolic OH excluding ortho intramolecular Hbond substituents is 1. The van der Waals surface area contributed by atoms with Gasteiger partial charge in [-0.25, -0.2) is 4.79 Å². The fourth-order valence-electron chi connectivity index (χ4n) is 2.76. The maximum absolute atomic E-state index is 11.1. The van der Waals surface area contributed by atoms with Crippen LogP contribution in [-0.2, 0) is 0 Å². The third-order valence-electron chi connectivity index (χ3n) is 3.85. The number of benzene rings is 3. The second-order valence-electron chi connectivity index (χ2n) is 5.33. The van der Waals surface area contributed by atoms with Gasteiger partial charge in [0.25, 0.3) is 0 Å². The van der Waals surface area contributed by atoms with E-state index in [9.17, 15) is 9.90 Å². The fraction of sp³-hybridized carbons (Fsp3) is 0.0500. The summed E-state index contributed by atoms with van der Waals surface area (Å²) in [5.74, 6) is -1.22. The molecule has 3 aromatic rings. The van der Waals surface area contributed by atoms with Gasteiger partial charge < -0.3 is 10.2 Å². The normalized spacial score (nSPS) is 10.7. The van der Waals surface area contributed by atoms with Gasteiger partial charge in [-0.15, -0.1) is 0 Å². The second kappa shape index (κ2) is 6.36. The summed E-state index contributed by atoms with van der Waals surface area (Å²) in [5, 5.41) is 19.4. The number of hydrogen-bond acceptors (Lipinski definition) is 2. The van der Waals surface area contributed by atoms with E-state index in [1.54, 1.807) is 6.07 Å². The molecule has 0 fully saturated rings. The number of carboxylic acid groups (broad SMARTS) is 1. The average molecular weight is 304 g/mol. The largest absolute Gasteiger partial charge is 0.508 e. The van der Waals surface area contributed by atoms with Crippen molar-refractivity contribution in [2.45, 2.75) is 5.92 Å². The molecule has 0 aliphatic heterocycles. The monoisotopic (exact) mass is 304 g/mol. The van der Waals surface area contributed by atoms with E-state index in [0.717, 1.165) is 11.1 Å². The molecule has 0 heterocycles. The van der Waals surface area contributed by atoms with Crippen LogP contribution in [0.25, 0.3) is 0 Å². The van der Waals surface area contributed by atoms with Crippen LogP contribution in [0.1, 0.15) is 33.0 Å². The van der Waals surface area contributed by atoms with Gasteiger partial charge in [0.05, 0.1) is 5.56 Å². The number of hydrogen-bond donors (Lipinski definition) is 2. The lowest BCUT2D eigenvalue weighted by Gasteiger charge is -2.20. The highest BCUT2D eigenvalue weighted by molar-refractivity contribution is 5.88. The zero-order valence-corrected chi connectivity index (χ0v) is 12.4. The Kier molecular flexibility index (Phi) is 4.11. The minimum atomic E-state index is -1.05. The lowest BCUT2D eigenvalue weighted by atomic mass is 9.84. The van der Waals surface area contributed by atoms with E-state index < -0.39 is 5.97 Å². The lowest BCUT2D eigenvalue weighted by molar-refractivity contribution is 0.0696. The fourth-order valence-corrected chi connectivity index (χ4v) is 2.76. The molecular weight excluding hydrogens is 288 g/mol. The van der Waals surface area contributed by atoms with Crippen molar-refractivity contribution in [2.75, 3.05) is 0 Å². The molecule has 3 heteroatoms. The first kappa shape index (κ1) is 14.9. The molecule has 0 saturated heterocycles. The maximum Gasteiger partial charge on any atom is 0.335 e. The predicted octanol–water partition coefficient (Wildman–Crippen LogP) is 4.27. The molecule has 0 radical (unpaired) electrons. The molecule has 0 unspecified atom stereocenters. The van der Waals surface area contributed by atoms with Crippen LogP contribution in [0, 0.1) is 0 Å². The Balaban J connectivity index is 2.15. The summed E-state index contributed by atoms with van der Waals surface area (Å²) in [4.78, 5) is 11.1. The van der Waals surface area contributed by atoms with E-state index >= 15 is 0 Å². The molecule has 0 saturated carbocycles. The highest BCUT2D eigenvalue weighted by Crippen LogP contribution is 2.36. The molecule has 0 bridgehead atoms. The molecule has 0 spiro atoms. The molecule has 0 aromatic heterocycles. The summed E-state index contributed by atoms with van der Waals surface area (Å²) in [6, 6.07) is 24.2. The van der Waals surface area contributed by atoms with Crippen LogP contribution in [0.2, 0.25) is 0 Å². The second-order valence-corrected chi connectivity index (χ2v) is 5.33. The summed E-state index contributed by atoms with van der Waals surface area (Å²) in [5.41, 5.74) is 2.84. The van der Waals surface area contributed by atoms with Crippen molar-refractivity contribution in [1.82, 2.24) is 0 Å². The lowest BCUT2D eigenvalue weighted by Crippen LogP contribution is -2.05. The maximum atomic E-state index is 11.1. The molecule has 0 amide bonds. The summed E-state index contributed by atoms with van der Waals surface area (Å²) < 4.78 is 0. The molecule has 114 valence electrons. The van der Waals surface area contributed by atoms with Crippen LogP contribution in [0.3, 0.4) is 0 Å². The summed E-state index contributed by atoms with van der Waals surface area (Å²) in [6.07, 6.45) is 0. The Bertz CT molecular complexity index is 771. The highest BCUT2D eigenvalue weighted by atomic mass is 16.4. The number of phenols is 1. The van der Waals surface area contributed by atoms with Crippen molar-refractivity contribution in [2.24, 2.45) is 0 Å². The Labute approximate surface area is 134 Å². The molecule has 3 aromatic carbocycles. The molecule has 0 atom stereocenters. The highest BCUT2D eigenvalue weighted by Gasteiger charge is 2.20. The quantitative estimate of drug-likeness (QED) is 0.708. The zero-order valence-electron chi connectivity index (χ0n) is 12.4. The van der Waals surface area contributed by atoms with E-state index in [0.29, 0.717) is 5.56 Å². The molecule has 3 rings (SSSR count).